The molecule has 1 aromatic carbocycles. The summed E-state index contributed by atoms with van der Waals surface area (Å²) in [6.07, 6.45) is 3.59. The number of halogens is 1. The minimum atomic E-state index is -0.0932. The van der Waals surface area contributed by atoms with Gasteiger partial charge in [0.05, 0.1) is 5.69 Å². The van der Waals surface area contributed by atoms with Gasteiger partial charge in [-0.05, 0) is 49.8 Å². The van der Waals surface area contributed by atoms with Gasteiger partial charge in [-0.25, -0.2) is 4.39 Å². The fourth-order valence-corrected chi connectivity index (χ4v) is 3.50. The van der Waals surface area contributed by atoms with Crippen LogP contribution in [0.5, 0.6) is 0 Å². The van der Waals surface area contributed by atoms with Gasteiger partial charge in [0.15, 0.2) is 0 Å². The van der Waals surface area contributed by atoms with Crippen molar-refractivity contribution in [3.63, 3.8) is 0 Å². The highest BCUT2D eigenvalue weighted by Crippen LogP contribution is 2.41. The number of nitrogens with zero attached hydrogens (tertiary/aromatic N) is 1. The fraction of sp³-hybridized carbons (Fsp3) is 0.571. The third kappa shape index (κ3) is 1.82. The van der Waals surface area contributed by atoms with Crippen molar-refractivity contribution in [2.45, 2.75) is 25.3 Å². The maximum Gasteiger partial charge on any atom is 0.146 e. The van der Waals surface area contributed by atoms with Crippen molar-refractivity contribution in [1.29, 1.82) is 0 Å². The van der Waals surface area contributed by atoms with E-state index in [1.165, 1.54) is 12.8 Å². The summed E-state index contributed by atoms with van der Waals surface area (Å²) in [5.41, 5.74) is 6.59. The average Bonchev–Trinajstić information content (AvgIpc) is 2.39. The molecule has 2 aliphatic heterocycles. The minimum absolute atomic E-state index is 0.0932. The Bertz CT molecular complexity index is 407. The molecular formula is C14H19FN2. The van der Waals surface area contributed by atoms with Crippen LogP contribution in [0.15, 0.2) is 24.3 Å². The van der Waals surface area contributed by atoms with Crippen LogP contribution in [0.4, 0.5) is 10.1 Å². The average molecular weight is 234 g/mol. The van der Waals surface area contributed by atoms with Crippen molar-refractivity contribution in [2.24, 2.45) is 17.6 Å². The lowest BCUT2D eigenvalue weighted by molar-refractivity contribution is 0.166. The first-order chi connectivity index (χ1) is 8.29. The Kier molecular flexibility index (Phi) is 2.79. The van der Waals surface area contributed by atoms with Gasteiger partial charge in [-0.2, -0.15) is 0 Å². The zero-order valence-corrected chi connectivity index (χ0v) is 9.98. The van der Waals surface area contributed by atoms with E-state index in [4.69, 9.17) is 5.73 Å². The molecule has 3 heteroatoms. The molecule has 1 saturated carbocycles. The maximum atomic E-state index is 13.8. The van der Waals surface area contributed by atoms with Crippen LogP contribution in [0.3, 0.4) is 0 Å². The first-order valence-electron chi connectivity index (χ1n) is 6.51. The van der Waals surface area contributed by atoms with Crippen LogP contribution in [0.1, 0.15) is 19.3 Å². The fourth-order valence-electron chi connectivity index (χ4n) is 3.50. The number of hydrogen-bond donors (Lipinski definition) is 1. The van der Waals surface area contributed by atoms with Gasteiger partial charge in [0, 0.05) is 12.6 Å². The normalized spacial score (nSPS) is 31.9. The van der Waals surface area contributed by atoms with Crippen LogP contribution < -0.4 is 10.6 Å². The zero-order chi connectivity index (χ0) is 11.8. The van der Waals surface area contributed by atoms with Gasteiger partial charge in [0.25, 0.3) is 0 Å². The first-order valence-corrected chi connectivity index (χ1v) is 6.51. The summed E-state index contributed by atoms with van der Waals surface area (Å²) in [6, 6.07) is 7.61. The van der Waals surface area contributed by atoms with Crippen molar-refractivity contribution in [3.8, 4) is 0 Å². The number of piperidine rings is 2. The van der Waals surface area contributed by atoms with Gasteiger partial charge in [-0.3, -0.25) is 0 Å². The van der Waals surface area contributed by atoms with Gasteiger partial charge >= 0.3 is 0 Å². The molecule has 3 fully saturated rings. The number of hydrogen-bond acceptors (Lipinski definition) is 2. The van der Waals surface area contributed by atoms with Crippen LogP contribution in [-0.2, 0) is 0 Å². The molecule has 2 N–H and O–H groups in total. The summed E-state index contributed by atoms with van der Waals surface area (Å²) in [4.78, 5) is 2.26. The number of para-hydroxylation sites is 1. The Morgan fingerprint density at radius 2 is 2.12 bits per heavy atom. The quantitative estimate of drug-likeness (QED) is 0.851. The Balaban J connectivity index is 1.86. The van der Waals surface area contributed by atoms with Crippen molar-refractivity contribution >= 4 is 5.69 Å². The highest BCUT2D eigenvalue weighted by Gasteiger charge is 2.40. The van der Waals surface area contributed by atoms with Crippen LogP contribution in [-0.4, -0.2) is 19.1 Å². The van der Waals surface area contributed by atoms with E-state index < -0.39 is 0 Å². The van der Waals surface area contributed by atoms with Crippen molar-refractivity contribution < 1.29 is 4.39 Å². The predicted molar refractivity (Wildman–Crippen MR) is 67.4 cm³/mol. The summed E-state index contributed by atoms with van der Waals surface area (Å²) in [7, 11) is 0. The van der Waals surface area contributed by atoms with Gasteiger partial charge in [0.2, 0.25) is 0 Å². The van der Waals surface area contributed by atoms with Crippen LogP contribution in [0, 0.1) is 17.7 Å². The monoisotopic (exact) mass is 234 g/mol. The minimum Gasteiger partial charge on any atom is -0.366 e. The van der Waals surface area contributed by atoms with E-state index in [1.807, 2.05) is 12.1 Å². The molecule has 2 nitrogen and oxygen atoms in total. The van der Waals surface area contributed by atoms with E-state index in [0.29, 0.717) is 17.9 Å². The van der Waals surface area contributed by atoms with Gasteiger partial charge in [0.1, 0.15) is 5.82 Å². The van der Waals surface area contributed by atoms with E-state index in [2.05, 4.69) is 4.90 Å². The molecule has 4 rings (SSSR count). The first kappa shape index (κ1) is 11.0. The molecule has 2 bridgehead atoms. The molecule has 3 atom stereocenters. The molecule has 17 heavy (non-hydrogen) atoms. The largest absolute Gasteiger partial charge is 0.366 e. The molecule has 0 amide bonds. The molecule has 3 unspecified atom stereocenters. The Morgan fingerprint density at radius 3 is 2.76 bits per heavy atom. The third-order valence-electron chi connectivity index (χ3n) is 4.45. The lowest BCUT2D eigenvalue weighted by Gasteiger charge is -2.50. The number of anilines is 1. The summed E-state index contributed by atoms with van der Waals surface area (Å²) in [6.45, 7) is 1.76. The van der Waals surface area contributed by atoms with E-state index in [9.17, 15) is 4.39 Å². The van der Waals surface area contributed by atoms with E-state index in [-0.39, 0.29) is 5.82 Å². The highest BCUT2D eigenvalue weighted by molar-refractivity contribution is 5.49. The van der Waals surface area contributed by atoms with Gasteiger partial charge in [-0.15, -0.1) is 0 Å². The molecule has 2 saturated heterocycles. The summed E-state index contributed by atoms with van der Waals surface area (Å²) in [5.74, 6) is 1.21. The highest BCUT2D eigenvalue weighted by atomic mass is 19.1. The second-order valence-corrected chi connectivity index (χ2v) is 5.33. The third-order valence-corrected chi connectivity index (χ3v) is 4.45. The molecule has 0 spiro atoms. The second kappa shape index (κ2) is 4.30. The summed E-state index contributed by atoms with van der Waals surface area (Å²) in [5, 5.41) is 0. The van der Waals surface area contributed by atoms with Crippen molar-refractivity contribution in [2.75, 3.05) is 18.0 Å². The van der Waals surface area contributed by atoms with Crippen molar-refractivity contribution in [3.05, 3.63) is 30.1 Å². The number of rotatable bonds is 2. The predicted octanol–water partition coefficient (Wildman–Crippen LogP) is 2.39. The number of nitrogens with two attached hydrogens (primary N) is 1. The molecule has 2 heterocycles. The summed E-state index contributed by atoms with van der Waals surface area (Å²) >= 11 is 0. The summed E-state index contributed by atoms with van der Waals surface area (Å²) < 4.78 is 13.8. The molecule has 1 aromatic rings. The molecule has 0 aromatic heterocycles. The molecule has 1 aliphatic carbocycles. The van der Waals surface area contributed by atoms with Crippen LogP contribution in [0.25, 0.3) is 0 Å². The zero-order valence-electron chi connectivity index (χ0n) is 9.98. The molecule has 0 radical (unpaired) electrons. The molecule has 92 valence electrons. The van der Waals surface area contributed by atoms with E-state index >= 15 is 0 Å². The van der Waals surface area contributed by atoms with Crippen LogP contribution >= 0.6 is 0 Å². The van der Waals surface area contributed by atoms with E-state index in [0.717, 1.165) is 25.2 Å². The SMILES string of the molecule is NCC1CC2CCC1CN2c1ccccc1F. The number of fused-ring (bicyclic) bond motifs is 3. The second-order valence-electron chi connectivity index (χ2n) is 5.33. The molecular weight excluding hydrogens is 215 g/mol. The lowest BCUT2D eigenvalue weighted by atomic mass is 9.72. The van der Waals surface area contributed by atoms with Gasteiger partial charge in [-0.1, -0.05) is 12.1 Å². The Labute approximate surface area is 102 Å². The van der Waals surface area contributed by atoms with Crippen LogP contribution in [0.2, 0.25) is 0 Å². The smallest absolute Gasteiger partial charge is 0.146 e. The van der Waals surface area contributed by atoms with Gasteiger partial charge < -0.3 is 10.6 Å². The van der Waals surface area contributed by atoms with E-state index in [1.54, 1.807) is 12.1 Å². The molecule has 3 aliphatic rings. The topological polar surface area (TPSA) is 29.3 Å². The number of benzene rings is 1. The van der Waals surface area contributed by atoms with Crippen molar-refractivity contribution in [1.82, 2.24) is 0 Å². The maximum absolute atomic E-state index is 13.8. The Hall–Kier alpha value is -1.09. The lowest BCUT2D eigenvalue weighted by Crippen LogP contribution is -2.53. The standard InChI is InChI=1S/C14H19FN2/c15-13-3-1-2-4-14(13)17-9-10-5-6-12(17)7-11(10)8-16/h1-4,10-12H,5-9,16H2. The Morgan fingerprint density at radius 1 is 1.29 bits per heavy atom.